The average Bonchev–Trinajstić information content (AvgIpc) is 3.30. The Hall–Kier alpha value is -2.92. The van der Waals surface area contributed by atoms with E-state index < -0.39 is 0 Å². The van der Waals surface area contributed by atoms with Gasteiger partial charge in [0.05, 0.1) is 5.69 Å². The second-order valence-electron chi connectivity index (χ2n) is 7.43. The first-order chi connectivity index (χ1) is 13.8. The molecular formula is C23H26N4O. The normalized spacial score (nSPS) is 16.1. The maximum absolute atomic E-state index is 13.0. The Balaban J connectivity index is 1.42. The topological polar surface area (TPSA) is 75.0 Å². The number of hydrogen-bond acceptors (Lipinski definition) is 3. The number of benzene rings is 2. The summed E-state index contributed by atoms with van der Waals surface area (Å²) in [6.45, 7) is 2.21. The van der Waals surface area contributed by atoms with Gasteiger partial charge in [-0.25, -0.2) is 0 Å². The fraction of sp³-hybridized carbons (Fsp3) is 0.304. The third kappa shape index (κ3) is 3.85. The lowest BCUT2D eigenvalue weighted by molar-refractivity contribution is 0.0679. The molecule has 2 heterocycles. The Morgan fingerprint density at radius 3 is 2.57 bits per heavy atom. The summed E-state index contributed by atoms with van der Waals surface area (Å²) in [5, 5.41) is 6.94. The number of aromatic amines is 1. The Kier molecular flexibility index (Phi) is 5.53. The number of carbonyl (C=O) groups excluding carboxylic acids is 1. The monoisotopic (exact) mass is 374 g/mol. The first-order valence-electron chi connectivity index (χ1n) is 9.90. The summed E-state index contributed by atoms with van der Waals surface area (Å²) >= 11 is 0. The molecule has 0 saturated carbocycles. The van der Waals surface area contributed by atoms with Gasteiger partial charge in [-0.3, -0.25) is 9.89 Å². The van der Waals surface area contributed by atoms with Crippen molar-refractivity contribution in [1.82, 2.24) is 15.1 Å². The van der Waals surface area contributed by atoms with E-state index in [-0.39, 0.29) is 5.91 Å². The van der Waals surface area contributed by atoms with E-state index in [4.69, 9.17) is 5.73 Å². The molecule has 1 amide bonds. The second kappa shape index (κ2) is 8.40. The number of nitrogens with one attached hydrogen (secondary N) is 1. The summed E-state index contributed by atoms with van der Waals surface area (Å²) in [6.07, 6.45) is 3.70. The van der Waals surface area contributed by atoms with Gasteiger partial charge in [-0.05, 0) is 55.0 Å². The van der Waals surface area contributed by atoms with Gasteiger partial charge in [-0.2, -0.15) is 5.10 Å². The highest BCUT2D eigenvalue weighted by Crippen LogP contribution is 2.32. The van der Waals surface area contributed by atoms with E-state index in [1.54, 1.807) is 6.20 Å². The van der Waals surface area contributed by atoms with Gasteiger partial charge < -0.3 is 10.6 Å². The molecule has 1 unspecified atom stereocenters. The SMILES string of the molecule is NCC(c1ccccc1)C1CCN(C(=O)c2cccc(-c3ccn[nH]3)c2)CC1. The fourth-order valence-electron chi connectivity index (χ4n) is 4.22. The van der Waals surface area contributed by atoms with Crippen LogP contribution in [0.5, 0.6) is 0 Å². The Morgan fingerprint density at radius 1 is 1.11 bits per heavy atom. The zero-order chi connectivity index (χ0) is 19.3. The molecule has 3 aromatic rings. The minimum Gasteiger partial charge on any atom is -0.339 e. The van der Waals surface area contributed by atoms with Gasteiger partial charge in [0.25, 0.3) is 5.91 Å². The minimum absolute atomic E-state index is 0.101. The highest BCUT2D eigenvalue weighted by molar-refractivity contribution is 5.95. The highest BCUT2D eigenvalue weighted by atomic mass is 16.2. The van der Waals surface area contributed by atoms with Crippen molar-refractivity contribution in [3.05, 3.63) is 78.0 Å². The Bertz CT molecular complexity index is 899. The van der Waals surface area contributed by atoms with E-state index in [1.807, 2.05) is 41.3 Å². The number of piperidine rings is 1. The van der Waals surface area contributed by atoms with Crippen molar-refractivity contribution in [2.75, 3.05) is 19.6 Å². The van der Waals surface area contributed by atoms with E-state index >= 15 is 0 Å². The van der Waals surface area contributed by atoms with Gasteiger partial charge in [0.15, 0.2) is 0 Å². The number of aromatic nitrogens is 2. The minimum atomic E-state index is 0.101. The number of rotatable bonds is 5. The quantitative estimate of drug-likeness (QED) is 0.715. The number of nitrogens with two attached hydrogens (primary N) is 1. The molecule has 0 spiro atoms. The highest BCUT2D eigenvalue weighted by Gasteiger charge is 2.29. The molecule has 1 aromatic heterocycles. The van der Waals surface area contributed by atoms with Crippen molar-refractivity contribution >= 4 is 5.91 Å². The van der Waals surface area contributed by atoms with E-state index in [9.17, 15) is 4.79 Å². The number of H-pyrrole nitrogens is 1. The molecule has 5 nitrogen and oxygen atoms in total. The lowest BCUT2D eigenvalue weighted by Gasteiger charge is -2.36. The van der Waals surface area contributed by atoms with Crippen LogP contribution in [-0.2, 0) is 0 Å². The molecule has 1 fully saturated rings. The van der Waals surface area contributed by atoms with Crippen LogP contribution in [0.25, 0.3) is 11.3 Å². The number of likely N-dealkylation sites (tertiary alicyclic amines) is 1. The van der Waals surface area contributed by atoms with Crippen LogP contribution in [-0.4, -0.2) is 40.6 Å². The molecule has 0 bridgehead atoms. The van der Waals surface area contributed by atoms with Crippen LogP contribution in [0.15, 0.2) is 66.9 Å². The van der Waals surface area contributed by atoms with E-state index in [0.29, 0.717) is 18.4 Å². The van der Waals surface area contributed by atoms with Gasteiger partial charge in [-0.15, -0.1) is 0 Å². The van der Waals surface area contributed by atoms with Gasteiger partial charge in [-0.1, -0.05) is 42.5 Å². The molecular weight excluding hydrogens is 348 g/mol. The van der Waals surface area contributed by atoms with E-state index in [1.165, 1.54) is 5.56 Å². The Labute approximate surface area is 165 Å². The summed E-state index contributed by atoms with van der Waals surface area (Å²) in [5.41, 5.74) is 10.0. The summed E-state index contributed by atoms with van der Waals surface area (Å²) < 4.78 is 0. The zero-order valence-corrected chi connectivity index (χ0v) is 15.9. The van der Waals surface area contributed by atoms with Crippen molar-refractivity contribution in [3.8, 4) is 11.3 Å². The molecule has 4 rings (SSSR count). The molecule has 2 aromatic carbocycles. The predicted molar refractivity (Wildman–Crippen MR) is 111 cm³/mol. The third-order valence-electron chi connectivity index (χ3n) is 5.80. The first kappa shape index (κ1) is 18.4. The van der Waals surface area contributed by atoms with Crippen molar-refractivity contribution in [2.24, 2.45) is 11.7 Å². The van der Waals surface area contributed by atoms with Crippen molar-refractivity contribution in [2.45, 2.75) is 18.8 Å². The van der Waals surface area contributed by atoms with Gasteiger partial charge in [0.1, 0.15) is 0 Å². The second-order valence-corrected chi connectivity index (χ2v) is 7.43. The molecule has 0 radical (unpaired) electrons. The predicted octanol–water partition coefficient (Wildman–Crippen LogP) is 3.67. The van der Waals surface area contributed by atoms with Crippen molar-refractivity contribution < 1.29 is 4.79 Å². The maximum atomic E-state index is 13.0. The van der Waals surface area contributed by atoms with E-state index in [0.717, 1.165) is 42.8 Å². The number of nitrogens with zero attached hydrogens (tertiary/aromatic N) is 2. The number of amides is 1. The first-order valence-corrected chi connectivity index (χ1v) is 9.90. The molecule has 5 heteroatoms. The van der Waals surface area contributed by atoms with Crippen LogP contribution in [0.2, 0.25) is 0 Å². The van der Waals surface area contributed by atoms with Crippen molar-refractivity contribution in [3.63, 3.8) is 0 Å². The molecule has 3 N–H and O–H groups in total. The zero-order valence-electron chi connectivity index (χ0n) is 15.9. The van der Waals surface area contributed by atoms with Crippen LogP contribution in [0.3, 0.4) is 0 Å². The lowest BCUT2D eigenvalue weighted by atomic mass is 9.80. The largest absolute Gasteiger partial charge is 0.339 e. The van der Waals surface area contributed by atoms with Crippen molar-refractivity contribution in [1.29, 1.82) is 0 Å². The standard InChI is InChI=1S/C23H26N4O/c24-16-21(17-5-2-1-3-6-17)18-10-13-27(14-11-18)23(28)20-8-4-7-19(15-20)22-9-12-25-26-22/h1-9,12,15,18,21H,10-11,13-14,16,24H2,(H,25,26). The molecule has 1 saturated heterocycles. The molecule has 144 valence electrons. The smallest absolute Gasteiger partial charge is 0.253 e. The average molecular weight is 374 g/mol. The van der Waals surface area contributed by atoms with Crippen LogP contribution < -0.4 is 5.73 Å². The van der Waals surface area contributed by atoms with Crippen LogP contribution in [0.1, 0.15) is 34.7 Å². The summed E-state index contributed by atoms with van der Waals surface area (Å²) in [7, 11) is 0. The lowest BCUT2D eigenvalue weighted by Crippen LogP contribution is -2.40. The van der Waals surface area contributed by atoms with Gasteiger partial charge in [0.2, 0.25) is 0 Å². The van der Waals surface area contributed by atoms with Gasteiger partial charge >= 0.3 is 0 Å². The van der Waals surface area contributed by atoms with E-state index in [2.05, 4.69) is 34.5 Å². The molecule has 28 heavy (non-hydrogen) atoms. The van der Waals surface area contributed by atoms with Crippen LogP contribution >= 0.6 is 0 Å². The molecule has 1 aliphatic rings. The molecule has 1 atom stereocenters. The summed E-state index contributed by atoms with van der Waals surface area (Å²) in [6, 6.07) is 20.2. The van der Waals surface area contributed by atoms with Crippen LogP contribution in [0.4, 0.5) is 0 Å². The summed E-state index contributed by atoms with van der Waals surface area (Å²) in [4.78, 5) is 15.0. The third-order valence-corrected chi connectivity index (χ3v) is 5.80. The number of hydrogen-bond donors (Lipinski definition) is 2. The summed E-state index contributed by atoms with van der Waals surface area (Å²) in [5.74, 6) is 0.985. The van der Waals surface area contributed by atoms with Crippen LogP contribution in [0, 0.1) is 5.92 Å². The van der Waals surface area contributed by atoms with Gasteiger partial charge in [0, 0.05) is 30.4 Å². The molecule has 0 aliphatic carbocycles. The Morgan fingerprint density at radius 2 is 1.89 bits per heavy atom. The number of carbonyl (C=O) groups is 1. The fourth-order valence-corrected chi connectivity index (χ4v) is 4.22. The molecule has 1 aliphatic heterocycles. The maximum Gasteiger partial charge on any atom is 0.253 e.